The number of hydrogen-bond donors (Lipinski definition) is 0. The van der Waals surface area contributed by atoms with E-state index in [9.17, 15) is 0 Å². The second-order valence-corrected chi connectivity index (χ2v) is 13.1. The third kappa shape index (κ3) is 4.03. The van der Waals surface area contributed by atoms with Gasteiger partial charge in [0.15, 0.2) is 0 Å². The molecule has 0 heteroatoms. The molecule has 0 bridgehead atoms. The molecule has 0 spiro atoms. The number of hydrogen-bond acceptors (Lipinski definition) is 0. The maximum absolute atomic E-state index is 2.49. The zero-order valence-corrected chi connectivity index (χ0v) is 26.6. The summed E-state index contributed by atoms with van der Waals surface area (Å²) < 4.78 is 0. The zero-order valence-electron chi connectivity index (χ0n) is 26.6. The Balaban J connectivity index is 1.41. The van der Waals surface area contributed by atoms with Crippen LogP contribution in [0.3, 0.4) is 0 Å². The molecule has 0 N–H and O–H groups in total. The van der Waals surface area contributed by atoms with Gasteiger partial charge in [-0.2, -0.15) is 0 Å². The maximum Gasteiger partial charge on any atom is -0.000697 e. The molecule has 0 aromatic heterocycles. The van der Waals surface area contributed by atoms with Crippen LogP contribution in [0, 0.1) is 0 Å². The number of fused-ring (bicyclic) bond motifs is 12. The van der Waals surface area contributed by atoms with E-state index in [4.69, 9.17) is 0 Å². The Morgan fingerprint density at radius 3 is 1.12 bits per heavy atom. The van der Waals surface area contributed by atoms with Gasteiger partial charge in [0.1, 0.15) is 0 Å². The van der Waals surface area contributed by atoms with E-state index >= 15 is 0 Å². The lowest BCUT2D eigenvalue weighted by Crippen LogP contribution is -1.97. The van der Waals surface area contributed by atoms with Gasteiger partial charge in [-0.15, -0.1) is 0 Å². The molecule has 48 heavy (non-hydrogen) atoms. The van der Waals surface area contributed by atoms with E-state index in [1.807, 2.05) is 0 Å². The van der Waals surface area contributed by atoms with E-state index in [0.717, 1.165) is 12.8 Å². The lowest BCUT2D eigenvalue weighted by atomic mass is 9.83. The quantitative estimate of drug-likeness (QED) is 0.187. The molecule has 0 aliphatic heterocycles. The third-order valence-corrected chi connectivity index (χ3v) is 10.4. The summed E-state index contributed by atoms with van der Waals surface area (Å²) in [5, 5.41) is 0. The summed E-state index contributed by atoms with van der Waals surface area (Å²) in [5.74, 6) is 0. The summed E-state index contributed by atoms with van der Waals surface area (Å²) in [5.41, 5.74) is 23.8. The van der Waals surface area contributed by atoms with E-state index in [1.165, 1.54) is 100 Å². The number of benzene rings is 6. The molecule has 224 valence electrons. The van der Waals surface area contributed by atoms with Gasteiger partial charge in [-0.25, -0.2) is 0 Å². The lowest BCUT2D eigenvalue weighted by molar-refractivity contribution is 0.991. The van der Waals surface area contributed by atoms with Crippen LogP contribution in [0.15, 0.2) is 163 Å². The fraction of sp³-hybridized carbons (Fsp3) is 0.0417. The van der Waals surface area contributed by atoms with Crippen LogP contribution in [-0.2, 0) is 0 Å². The van der Waals surface area contributed by atoms with Crippen molar-refractivity contribution in [2.75, 3.05) is 0 Å². The highest BCUT2D eigenvalue weighted by Crippen LogP contribution is 2.64. The highest BCUT2D eigenvalue weighted by molar-refractivity contribution is 6.25. The van der Waals surface area contributed by atoms with E-state index < -0.39 is 0 Å². The van der Waals surface area contributed by atoms with Crippen molar-refractivity contribution in [3.63, 3.8) is 0 Å². The zero-order chi connectivity index (χ0) is 31.6. The summed E-state index contributed by atoms with van der Waals surface area (Å²) in [6, 6.07) is 48.9. The highest BCUT2D eigenvalue weighted by atomic mass is 14.4. The first-order chi connectivity index (χ1) is 23.8. The van der Waals surface area contributed by atoms with Crippen LogP contribution in [0.5, 0.6) is 0 Å². The van der Waals surface area contributed by atoms with Crippen LogP contribution in [0.25, 0.3) is 62.3 Å². The summed E-state index contributed by atoms with van der Waals surface area (Å²) in [4.78, 5) is 0. The minimum Gasteiger partial charge on any atom is -0.0842 e. The predicted octanol–water partition coefficient (Wildman–Crippen LogP) is 12.5. The van der Waals surface area contributed by atoms with Gasteiger partial charge < -0.3 is 0 Å². The second-order valence-electron chi connectivity index (χ2n) is 13.1. The van der Waals surface area contributed by atoms with Crippen molar-refractivity contribution in [3.8, 4) is 33.4 Å². The summed E-state index contributed by atoms with van der Waals surface area (Å²) in [7, 11) is 0. The molecule has 0 heterocycles. The largest absolute Gasteiger partial charge is 0.0842 e. The molecule has 6 aromatic carbocycles. The van der Waals surface area contributed by atoms with Crippen LogP contribution in [0.4, 0.5) is 0 Å². The first-order valence-corrected chi connectivity index (χ1v) is 17.0. The first-order valence-electron chi connectivity index (χ1n) is 17.0. The Bertz CT molecular complexity index is 2390. The Morgan fingerprint density at radius 2 is 0.729 bits per heavy atom. The fourth-order valence-corrected chi connectivity index (χ4v) is 8.39. The summed E-state index contributed by atoms with van der Waals surface area (Å²) >= 11 is 0. The summed E-state index contributed by atoms with van der Waals surface area (Å²) in [6.07, 6.45) is 16.3. The molecule has 4 aliphatic rings. The molecule has 0 radical (unpaired) electrons. The van der Waals surface area contributed by atoms with Gasteiger partial charge in [-0.05, 0) is 125 Å². The second kappa shape index (κ2) is 10.8. The molecular weight excluding hydrogens is 577 g/mol. The smallest absolute Gasteiger partial charge is 0.000697 e. The molecule has 0 nitrogen and oxygen atoms in total. The van der Waals surface area contributed by atoms with Crippen LogP contribution in [0.2, 0.25) is 0 Å². The lowest BCUT2D eigenvalue weighted by Gasteiger charge is -2.19. The van der Waals surface area contributed by atoms with Crippen LogP contribution in [0.1, 0.15) is 57.3 Å². The van der Waals surface area contributed by atoms with Gasteiger partial charge in [0.25, 0.3) is 0 Å². The van der Waals surface area contributed by atoms with Gasteiger partial charge in [0.2, 0.25) is 0 Å². The minimum absolute atomic E-state index is 1.06. The Labute approximate surface area is 282 Å². The maximum atomic E-state index is 2.49. The average Bonchev–Trinajstić information content (AvgIpc) is 3.76. The highest BCUT2D eigenvalue weighted by Gasteiger charge is 2.42. The molecule has 0 fully saturated rings. The standard InChI is InChI=1S/C48H32/c1-4-16-31(17-5-1)28-40-34-22-10-13-25-37(34)43-46(40)44-38-26-14-11-23-35(38)41(29-32-18-6-2-7-19-32)48(44)45-39-27-15-12-24-36(39)42(47(43)45)30-33-20-8-3-9-21-33/h1-8,10-20,22-30H,9,21H2. The van der Waals surface area contributed by atoms with E-state index in [2.05, 4.69) is 170 Å². The number of rotatable bonds is 3. The molecule has 0 amide bonds. The average molecular weight is 609 g/mol. The SMILES string of the molecule is C1=CCCC(C=C2c3ccccc3-c3c2c2c(c4c3C(=Cc3ccccc3)c3ccccc3-4)C(=Cc3ccccc3)c3ccccc3-2)=C1. The van der Waals surface area contributed by atoms with Crippen molar-refractivity contribution in [1.82, 2.24) is 0 Å². The van der Waals surface area contributed by atoms with Crippen LogP contribution in [-0.4, -0.2) is 0 Å². The Kier molecular flexibility index (Phi) is 6.11. The molecule has 10 rings (SSSR count). The summed E-state index contributed by atoms with van der Waals surface area (Å²) in [6.45, 7) is 0. The van der Waals surface area contributed by atoms with Crippen LogP contribution >= 0.6 is 0 Å². The van der Waals surface area contributed by atoms with Gasteiger partial charge in [-0.1, -0.05) is 158 Å². The van der Waals surface area contributed by atoms with E-state index in [0.29, 0.717) is 0 Å². The number of allylic oxidation sites excluding steroid dienone is 5. The normalized spacial score (nSPS) is 17.2. The van der Waals surface area contributed by atoms with Crippen molar-refractivity contribution in [1.29, 1.82) is 0 Å². The molecule has 0 saturated carbocycles. The molecule has 0 saturated heterocycles. The molecule has 0 atom stereocenters. The third-order valence-electron chi connectivity index (χ3n) is 10.4. The Hall–Kier alpha value is -5.98. The monoisotopic (exact) mass is 608 g/mol. The van der Waals surface area contributed by atoms with Gasteiger partial charge in [0, 0.05) is 0 Å². The van der Waals surface area contributed by atoms with E-state index in [-0.39, 0.29) is 0 Å². The molecule has 0 unspecified atom stereocenters. The van der Waals surface area contributed by atoms with Gasteiger partial charge in [-0.3, -0.25) is 0 Å². The van der Waals surface area contributed by atoms with Gasteiger partial charge in [0.05, 0.1) is 0 Å². The minimum atomic E-state index is 1.06. The molecule has 4 aliphatic carbocycles. The van der Waals surface area contributed by atoms with Crippen molar-refractivity contribution in [3.05, 3.63) is 208 Å². The molecular formula is C48H32. The van der Waals surface area contributed by atoms with Crippen LogP contribution < -0.4 is 0 Å². The molecule has 6 aromatic rings. The van der Waals surface area contributed by atoms with E-state index in [1.54, 1.807) is 0 Å². The van der Waals surface area contributed by atoms with Gasteiger partial charge >= 0.3 is 0 Å². The van der Waals surface area contributed by atoms with Crippen molar-refractivity contribution in [2.24, 2.45) is 0 Å². The van der Waals surface area contributed by atoms with Crippen molar-refractivity contribution < 1.29 is 0 Å². The topological polar surface area (TPSA) is 0 Å². The predicted molar refractivity (Wildman–Crippen MR) is 203 cm³/mol. The Morgan fingerprint density at radius 1 is 0.354 bits per heavy atom. The van der Waals surface area contributed by atoms with Crippen molar-refractivity contribution in [2.45, 2.75) is 12.8 Å². The fourth-order valence-electron chi connectivity index (χ4n) is 8.39. The first kappa shape index (κ1) is 27.2. The van der Waals surface area contributed by atoms with Crippen molar-refractivity contribution >= 4 is 28.9 Å².